The molecular formula is C13H14ClNOS. The summed E-state index contributed by atoms with van der Waals surface area (Å²) in [6.07, 6.45) is 2.53. The molecule has 0 aromatic carbocycles. The van der Waals surface area contributed by atoms with Gasteiger partial charge in [0.05, 0.1) is 17.4 Å². The van der Waals surface area contributed by atoms with Gasteiger partial charge in [-0.25, -0.2) is 0 Å². The molecule has 0 aliphatic carbocycles. The second-order valence-corrected chi connectivity index (χ2v) is 5.27. The minimum Gasteiger partial charge on any atom is -0.496 e. The van der Waals surface area contributed by atoms with Gasteiger partial charge in [-0.05, 0) is 30.0 Å². The summed E-state index contributed by atoms with van der Waals surface area (Å²) >= 11 is 8.05. The molecule has 1 unspecified atom stereocenters. The number of ether oxygens (including phenoxy) is 1. The van der Waals surface area contributed by atoms with E-state index in [2.05, 4.69) is 18.0 Å². The molecule has 0 radical (unpaired) electrons. The summed E-state index contributed by atoms with van der Waals surface area (Å²) in [5.41, 5.74) is 2.22. The highest BCUT2D eigenvalue weighted by molar-refractivity contribution is 7.10. The molecule has 2 aromatic rings. The molecule has 0 saturated heterocycles. The van der Waals surface area contributed by atoms with Crippen LogP contribution >= 0.6 is 22.9 Å². The average molecular weight is 268 g/mol. The number of alkyl halides is 1. The third kappa shape index (κ3) is 2.79. The minimum atomic E-state index is -0.0847. The van der Waals surface area contributed by atoms with Crippen molar-refractivity contribution in [2.24, 2.45) is 0 Å². The molecule has 2 aromatic heterocycles. The second kappa shape index (κ2) is 5.52. The number of halogens is 1. The van der Waals surface area contributed by atoms with Crippen molar-refractivity contribution in [2.75, 3.05) is 7.11 Å². The molecule has 0 aliphatic rings. The molecule has 0 fully saturated rings. The number of methoxy groups -OCH3 is 1. The Labute approximate surface area is 110 Å². The molecule has 4 heteroatoms. The zero-order valence-corrected chi connectivity index (χ0v) is 11.4. The molecule has 0 spiro atoms. The fourth-order valence-electron chi connectivity index (χ4n) is 1.70. The van der Waals surface area contributed by atoms with Crippen molar-refractivity contribution in [1.82, 2.24) is 4.98 Å². The van der Waals surface area contributed by atoms with Gasteiger partial charge < -0.3 is 4.74 Å². The Hall–Kier alpha value is -1.06. The Morgan fingerprint density at radius 1 is 1.47 bits per heavy atom. The van der Waals surface area contributed by atoms with Crippen LogP contribution in [0.15, 0.2) is 29.8 Å². The summed E-state index contributed by atoms with van der Waals surface area (Å²) in [5, 5.41) is 1.91. The fourth-order valence-corrected chi connectivity index (χ4v) is 2.95. The molecule has 17 heavy (non-hydrogen) atoms. The molecule has 0 amide bonds. The summed E-state index contributed by atoms with van der Waals surface area (Å²) in [6, 6.07) is 5.94. The Kier molecular flexibility index (Phi) is 4.02. The molecular weight excluding hydrogens is 254 g/mol. The molecule has 2 heterocycles. The van der Waals surface area contributed by atoms with Crippen LogP contribution in [0.25, 0.3) is 0 Å². The van der Waals surface area contributed by atoms with E-state index in [-0.39, 0.29) is 5.38 Å². The summed E-state index contributed by atoms with van der Waals surface area (Å²) in [4.78, 5) is 5.43. The summed E-state index contributed by atoms with van der Waals surface area (Å²) in [5.74, 6) is 0.864. The third-order valence-electron chi connectivity index (χ3n) is 2.65. The molecule has 90 valence electrons. The number of rotatable bonds is 4. The quantitative estimate of drug-likeness (QED) is 0.782. The lowest BCUT2D eigenvalue weighted by Crippen LogP contribution is -2.00. The topological polar surface area (TPSA) is 22.1 Å². The van der Waals surface area contributed by atoms with Crippen molar-refractivity contribution >= 4 is 22.9 Å². The number of pyridine rings is 1. The van der Waals surface area contributed by atoms with Crippen LogP contribution in [-0.4, -0.2) is 12.1 Å². The highest BCUT2D eigenvalue weighted by Crippen LogP contribution is 2.36. The van der Waals surface area contributed by atoms with Gasteiger partial charge in [-0.1, -0.05) is 6.07 Å². The van der Waals surface area contributed by atoms with Crippen molar-refractivity contribution in [3.05, 3.63) is 45.9 Å². The Balaban J connectivity index is 2.17. The smallest absolute Gasteiger partial charge is 0.134 e. The first-order chi connectivity index (χ1) is 8.22. The molecule has 0 N–H and O–H groups in total. The van der Waals surface area contributed by atoms with Crippen molar-refractivity contribution in [3.8, 4) is 5.75 Å². The molecule has 0 saturated carbocycles. The molecule has 0 bridgehead atoms. The van der Waals surface area contributed by atoms with E-state index >= 15 is 0 Å². The molecule has 2 nitrogen and oxygen atoms in total. The van der Waals surface area contributed by atoms with Gasteiger partial charge in [-0.15, -0.1) is 22.9 Å². The van der Waals surface area contributed by atoms with E-state index in [1.807, 2.05) is 17.5 Å². The highest BCUT2D eigenvalue weighted by atomic mass is 35.5. The van der Waals surface area contributed by atoms with E-state index in [1.165, 1.54) is 5.56 Å². The average Bonchev–Trinajstić information content (AvgIpc) is 2.80. The van der Waals surface area contributed by atoms with Gasteiger partial charge in [-0.3, -0.25) is 4.98 Å². The van der Waals surface area contributed by atoms with Crippen molar-refractivity contribution in [2.45, 2.75) is 18.7 Å². The lowest BCUT2D eigenvalue weighted by Gasteiger charge is -2.10. The Morgan fingerprint density at radius 3 is 3.00 bits per heavy atom. The standard InChI is InChI=1S/C13H14ClNOS/c1-9-4-3-6-15-11(9)8-10(14)13-12(16-2)5-7-17-13/h3-7,10H,8H2,1-2H3. The SMILES string of the molecule is COc1ccsc1C(Cl)Cc1ncccc1C. The highest BCUT2D eigenvalue weighted by Gasteiger charge is 2.17. The Bertz CT molecular complexity index is 498. The maximum Gasteiger partial charge on any atom is 0.134 e. The number of hydrogen-bond acceptors (Lipinski definition) is 3. The van der Waals surface area contributed by atoms with Crippen LogP contribution < -0.4 is 4.74 Å². The van der Waals surface area contributed by atoms with Crippen LogP contribution in [0.5, 0.6) is 5.75 Å². The van der Waals surface area contributed by atoms with Gasteiger partial charge in [-0.2, -0.15) is 0 Å². The first kappa shape index (κ1) is 12.4. The van der Waals surface area contributed by atoms with Gasteiger partial charge in [0.25, 0.3) is 0 Å². The van der Waals surface area contributed by atoms with Crippen LogP contribution in [-0.2, 0) is 6.42 Å². The van der Waals surface area contributed by atoms with Crippen LogP contribution in [0, 0.1) is 6.92 Å². The normalized spacial score (nSPS) is 12.4. The zero-order chi connectivity index (χ0) is 12.3. The van der Waals surface area contributed by atoms with Gasteiger partial charge in [0.1, 0.15) is 5.75 Å². The Morgan fingerprint density at radius 2 is 2.29 bits per heavy atom. The van der Waals surface area contributed by atoms with Crippen LogP contribution in [0.1, 0.15) is 21.5 Å². The fraction of sp³-hybridized carbons (Fsp3) is 0.308. The van der Waals surface area contributed by atoms with Gasteiger partial charge in [0.15, 0.2) is 0 Å². The van der Waals surface area contributed by atoms with Crippen LogP contribution in [0.3, 0.4) is 0 Å². The molecule has 2 rings (SSSR count). The second-order valence-electron chi connectivity index (χ2n) is 3.79. The largest absolute Gasteiger partial charge is 0.496 e. The lowest BCUT2D eigenvalue weighted by atomic mass is 10.1. The van der Waals surface area contributed by atoms with Crippen LogP contribution in [0.4, 0.5) is 0 Å². The summed E-state index contributed by atoms with van der Waals surface area (Å²) < 4.78 is 5.28. The van der Waals surface area contributed by atoms with E-state index in [9.17, 15) is 0 Å². The van der Waals surface area contributed by atoms with Crippen molar-refractivity contribution < 1.29 is 4.74 Å². The maximum atomic E-state index is 6.43. The predicted octanol–water partition coefficient (Wildman–Crippen LogP) is 3.98. The molecule has 0 aliphatic heterocycles. The van der Waals surface area contributed by atoms with E-state index < -0.39 is 0 Å². The van der Waals surface area contributed by atoms with Crippen LogP contribution in [0.2, 0.25) is 0 Å². The summed E-state index contributed by atoms with van der Waals surface area (Å²) in [7, 11) is 1.67. The number of aryl methyl sites for hydroxylation is 1. The van der Waals surface area contributed by atoms with E-state index in [1.54, 1.807) is 24.6 Å². The zero-order valence-electron chi connectivity index (χ0n) is 9.81. The monoisotopic (exact) mass is 267 g/mol. The van der Waals surface area contributed by atoms with Crippen molar-refractivity contribution in [3.63, 3.8) is 0 Å². The number of hydrogen-bond donors (Lipinski definition) is 0. The van der Waals surface area contributed by atoms with E-state index in [4.69, 9.17) is 16.3 Å². The predicted molar refractivity (Wildman–Crippen MR) is 72.1 cm³/mol. The lowest BCUT2D eigenvalue weighted by molar-refractivity contribution is 0.411. The van der Waals surface area contributed by atoms with Gasteiger partial charge >= 0.3 is 0 Å². The van der Waals surface area contributed by atoms with E-state index in [0.29, 0.717) is 0 Å². The molecule has 1 atom stereocenters. The maximum absolute atomic E-state index is 6.43. The third-order valence-corrected chi connectivity index (χ3v) is 4.17. The first-order valence-electron chi connectivity index (χ1n) is 5.38. The number of thiophene rings is 1. The summed E-state index contributed by atoms with van der Waals surface area (Å²) in [6.45, 7) is 2.05. The number of aromatic nitrogens is 1. The van der Waals surface area contributed by atoms with E-state index in [0.717, 1.165) is 22.7 Å². The van der Waals surface area contributed by atoms with Gasteiger partial charge in [0.2, 0.25) is 0 Å². The minimum absolute atomic E-state index is 0.0847. The van der Waals surface area contributed by atoms with Gasteiger partial charge in [0, 0.05) is 18.3 Å². The first-order valence-corrected chi connectivity index (χ1v) is 6.70. The van der Waals surface area contributed by atoms with Crippen molar-refractivity contribution in [1.29, 1.82) is 0 Å². The number of nitrogens with zero attached hydrogens (tertiary/aromatic N) is 1.